The van der Waals surface area contributed by atoms with Crippen LogP contribution in [0.2, 0.25) is 0 Å². The molecular formula is C17H27N3O3. The zero-order valence-corrected chi connectivity index (χ0v) is 14.6. The van der Waals surface area contributed by atoms with E-state index in [1.54, 1.807) is 19.2 Å². The van der Waals surface area contributed by atoms with Gasteiger partial charge in [-0.15, -0.1) is 0 Å². The topological polar surface area (TPSA) is 92.5 Å². The third-order valence-electron chi connectivity index (χ3n) is 3.30. The molecule has 3 N–H and O–H groups in total. The predicted octanol–water partition coefficient (Wildman–Crippen LogP) is 1.29. The van der Waals surface area contributed by atoms with E-state index in [0.717, 1.165) is 11.1 Å². The second-order valence-electron chi connectivity index (χ2n) is 5.48. The average molecular weight is 321 g/mol. The molecule has 0 aromatic carbocycles. The van der Waals surface area contributed by atoms with Crippen LogP contribution in [0.3, 0.4) is 0 Å². The highest BCUT2D eigenvalue weighted by atomic mass is 16.2. The number of rotatable bonds is 4. The Labute approximate surface area is 138 Å². The molecule has 0 spiro atoms. The van der Waals surface area contributed by atoms with Gasteiger partial charge in [0.15, 0.2) is 0 Å². The highest BCUT2D eigenvalue weighted by Gasteiger charge is 2.32. The quantitative estimate of drug-likeness (QED) is 0.464. The number of nitrogens with one attached hydrogen (secondary N) is 1. The number of hydrogen-bond acceptors (Lipinski definition) is 4. The molecule has 128 valence electrons. The number of nitrogens with zero attached hydrogens (tertiary/aromatic N) is 1. The molecule has 23 heavy (non-hydrogen) atoms. The first-order valence-electron chi connectivity index (χ1n) is 7.43. The molecule has 0 aromatic heterocycles. The van der Waals surface area contributed by atoms with E-state index >= 15 is 0 Å². The van der Waals surface area contributed by atoms with Gasteiger partial charge in [-0.05, 0) is 40.3 Å². The van der Waals surface area contributed by atoms with Crippen LogP contribution >= 0.6 is 0 Å². The summed E-state index contributed by atoms with van der Waals surface area (Å²) in [6.45, 7) is 9.29. The zero-order valence-electron chi connectivity index (χ0n) is 14.6. The van der Waals surface area contributed by atoms with Crippen molar-refractivity contribution in [3.8, 4) is 0 Å². The highest BCUT2D eigenvalue weighted by Crippen LogP contribution is 2.16. The fourth-order valence-corrected chi connectivity index (χ4v) is 2.06. The second-order valence-corrected chi connectivity index (χ2v) is 5.48. The molecule has 6 heteroatoms. The summed E-state index contributed by atoms with van der Waals surface area (Å²) in [5.41, 5.74) is 6.73. The molecule has 0 saturated carbocycles. The minimum atomic E-state index is -0.609. The lowest BCUT2D eigenvalue weighted by Crippen LogP contribution is -2.53. The number of hydrogen-bond donors (Lipinski definition) is 2. The Balaban J connectivity index is 0.00000232. The van der Waals surface area contributed by atoms with E-state index in [2.05, 4.69) is 17.6 Å². The number of nitrogens with two attached hydrogens (primary N) is 1. The number of likely N-dealkylation sites (N-methyl/N-ethyl adjacent to an activating group) is 1. The monoisotopic (exact) mass is 321 g/mol. The van der Waals surface area contributed by atoms with E-state index in [1.165, 1.54) is 11.9 Å². The Morgan fingerprint density at radius 1 is 1.26 bits per heavy atom. The van der Waals surface area contributed by atoms with E-state index in [4.69, 9.17) is 0 Å². The van der Waals surface area contributed by atoms with E-state index < -0.39 is 11.9 Å². The van der Waals surface area contributed by atoms with Crippen LogP contribution in [0.15, 0.2) is 35.5 Å². The Morgan fingerprint density at radius 3 is 2.26 bits per heavy atom. The lowest BCUT2D eigenvalue weighted by atomic mass is 10.0. The molecule has 0 bridgehead atoms. The fourth-order valence-electron chi connectivity index (χ4n) is 2.06. The molecule has 1 atom stereocenters. The third-order valence-corrected chi connectivity index (χ3v) is 3.30. The normalized spacial score (nSPS) is 17.0. The molecule has 1 fully saturated rings. The van der Waals surface area contributed by atoms with Crippen LogP contribution < -0.4 is 11.1 Å². The van der Waals surface area contributed by atoms with Gasteiger partial charge in [-0.1, -0.05) is 23.8 Å². The van der Waals surface area contributed by atoms with Gasteiger partial charge >= 0.3 is 0 Å². The maximum atomic E-state index is 12.5. The van der Waals surface area contributed by atoms with Gasteiger partial charge in [0.05, 0.1) is 0 Å². The number of piperidine rings is 1. The lowest BCUT2D eigenvalue weighted by molar-refractivity contribution is -0.142. The standard InChI is InChI=1S/C16H22N2O3.CH5N/c1-10(2)6-7-12(11(3)4)16(21)18(5)13-8-9-14(19)17-15(13)20;1-2/h6-7,13H,1,8-9H2,2-5H3,(H,17,19,20);2H2,1H3/b7-6-;. The molecule has 1 aliphatic heterocycles. The highest BCUT2D eigenvalue weighted by molar-refractivity contribution is 6.04. The van der Waals surface area contributed by atoms with Crippen LogP contribution in [-0.2, 0) is 14.4 Å². The SMILES string of the molecule is C=C(C)/C=C\C(C(=O)N(C)C1CCC(=O)NC1=O)=C(C)C.CN. The van der Waals surface area contributed by atoms with Crippen molar-refractivity contribution in [1.29, 1.82) is 0 Å². The van der Waals surface area contributed by atoms with Gasteiger partial charge < -0.3 is 10.6 Å². The summed E-state index contributed by atoms with van der Waals surface area (Å²) in [6, 6.07) is -0.609. The maximum absolute atomic E-state index is 12.5. The Morgan fingerprint density at radius 2 is 1.83 bits per heavy atom. The van der Waals surface area contributed by atoms with Gasteiger partial charge in [0.25, 0.3) is 5.91 Å². The molecule has 1 aliphatic rings. The van der Waals surface area contributed by atoms with Gasteiger partial charge in [-0.2, -0.15) is 0 Å². The molecule has 1 saturated heterocycles. The summed E-state index contributed by atoms with van der Waals surface area (Å²) < 4.78 is 0. The van der Waals surface area contributed by atoms with E-state index in [1.807, 2.05) is 20.8 Å². The number of carbonyl (C=O) groups excluding carboxylic acids is 3. The van der Waals surface area contributed by atoms with Crippen LogP contribution in [0.5, 0.6) is 0 Å². The molecule has 3 amide bonds. The first-order chi connectivity index (χ1) is 10.7. The second kappa shape index (κ2) is 9.74. The molecule has 0 radical (unpaired) electrons. The van der Waals surface area contributed by atoms with Gasteiger partial charge in [0.1, 0.15) is 6.04 Å². The Bertz CT molecular complexity index is 543. The van der Waals surface area contributed by atoms with Gasteiger partial charge in [-0.3, -0.25) is 19.7 Å². The van der Waals surface area contributed by atoms with E-state index in [9.17, 15) is 14.4 Å². The number of allylic oxidation sites excluding steroid dienone is 3. The summed E-state index contributed by atoms with van der Waals surface area (Å²) in [5.74, 6) is -0.942. The Hall–Kier alpha value is -2.21. The zero-order chi connectivity index (χ0) is 18.2. The van der Waals surface area contributed by atoms with Crippen LogP contribution in [0.1, 0.15) is 33.6 Å². The van der Waals surface area contributed by atoms with Gasteiger partial charge in [-0.25, -0.2) is 0 Å². The van der Waals surface area contributed by atoms with Crippen LogP contribution in [0, 0.1) is 0 Å². The molecule has 1 heterocycles. The van der Waals surface area contributed by atoms with Crippen molar-refractivity contribution in [3.05, 3.63) is 35.5 Å². The number of carbonyl (C=O) groups is 3. The van der Waals surface area contributed by atoms with Crippen molar-refractivity contribution in [2.75, 3.05) is 14.1 Å². The molecule has 0 aromatic rings. The summed E-state index contributed by atoms with van der Waals surface area (Å²) in [4.78, 5) is 36.9. The van der Waals surface area contributed by atoms with Crippen molar-refractivity contribution < 1.29 is 14.4 Å². The summed E-state index contributed by atoms with van der Waals surface area (Å²) in [7, 11) is 3.08. The summed E-state index contributed by atoms with van der Waals surface area (Å²) in [5, 5.41) is 2.26. The first-order valence-corrected chi connectivity index (χ1v) is 7.43. The largest absolute Gasteiger partial charge is 0.333 e. The minimum Gasteiger partial charge on any atom is -0.333 e. The fraction of sp³-hybridized carbons (Fsp3) is 0.471. The molecule has 6 nitrogen and oxygen atoms in total. The van der Waals surface area contributed by atoms with Crippen molar-refractivity contribution in [2.24, 2.45) is 5.73 Å². The van der Waals surface area contributed by atoms with Crippen LogP contribution in [0.25, 0.3) is 0 Å². The summed E-state index contributed by atoms with van der Waals surface area (Å²) in [6.07, 6.45) is 4.08. The smallest absolute Gasteiger partial charge is 0.254 e. The lowest BCUT2D eigenvalue weighted by Gasteiger charge is -2.30. The number of imide groups is 1. The maximum Gasteiger partial charge on any atom is 0.254 e. The Kier molecular flexibility index (Phi) is 8.80. The van der Waals surface area contributed by atoms with Gasteiger partial charge in [0.2, 0.25) is 11.8 Å². The minimum absolute atomic E-state index is 0.234. The molecule has 1 rings (SSSR count). The van der Waals surface area contributed by atoms with Crippen LogP contribution in [0.4, 0.5) is 0 Å². The molecule has 0 aliphatic carbocycles. The van der Waals surface area contributed by atoms with Crippen molar-refractivity contribution in [1.82, 2.24) is 10.2 Å². The molecular weight excluding hydrogens is 294 g/mol. The van der Waals surface area contributed by atoms with Crippen LogP contribution in [-0.4, -0.2) is 42.8 Å². The number of amides is 3. The first kappa shape index (κ1) is 20.8. The van der Waals surface area contributed by atoms with E-state index in [-0.39, 0.29) is 18.2 Å². The van der Waals surface area contributed by atoms with Crippen molar-refractivity contribution >= 4 is 17.7 Å². The summed E-state index contributed by atoms with van der Waals surface area (Å²) >= 11 is 0. The predicted molar refractivity (Wildman–Crippen MR) is 91.4 cm³/mol. The van der Waals surface area contributed by atoms with Gasteiger partial charge in [0, 0.05) is 19.0 Å². The third kappa shape index (κ3) is 6.20. The van der Waals surface area contributed by atoms with Crippen molar-refractivity contribution in [3.63, 3.8) is 0 Å². The van der Waals surface area contributed by atoms with E-state index in [0.29, 0.717) is 12.0 Å². The molecule has 1 unspecified atom stereocenters. The average Bonchev–Trinajstić information content (AvgIpc) is 2.48. The van der Waals surface area contributed by atoms with Crippen molar-refractivity contribution in [2.45, 2.75) is 39.7 Å².